The Morgan fingerprint density at radius 1 is 1.18 bits per heavy atom. The minimum absolute atomic E-state index is 0.143. The Hall–Kier alpha value is -2.30. The molecule has 0 spiro atoms. The molecule has 2 rings (SSSR count). The van der Waals surface area contributed by atoms with Gasteiger partial charge in [-0.2, -0.15) is 0 Å². The molecular formula is C17H22FN3O. The van der Waals surface area contributed by atoms with Crippen LogP contribution >= 0.6 is 0 Å². The third kappa shape index (κ3) is 4.35. The van der Waals surface area contributed by atoms with E-state index >= 15 is 0 Å². The maximum absolute atomic E-state index is 13.0. The summed E-state index contributed by atoms with van der Waals surface area (Å²) in [5, 5.41) is 6.48. The van der Waals surface area contributed by atoms with Gasteiger partial charge >= 0.3 is 0 Å². The van der Waals surface area contributed by atoms with Crippen LogP contribution in [-0.2, 0) is 12.0 Å². The van der Waals surface area contributed by atoms with E-state index in [4.69, 9.17) is 4.42 Å². The molecule has 1 heterocycles. The Bertz CT molecular complexity index is 603. The highest BCUT2D eigenvalue weighted by Crippen LogP contribution is 2.22. The van der Waals surface area contributed by atoms with E-state index in [-0.39, 0.29) is 11.2 Å². The second-order valence-electron chi connectivity index (χ2n) is 5.75. The summed E-state index contributed by atoms with van der Waals surface area (Å²) in [4.78, 5) is 4.19. The fourth-order valence-corrected chi connectivity index (χ4v) is 2.11. The molecular weight excluding hydrogens is 281 g/mol. The zero-order chi connectivity index (χ0) is 16.0. The third-order valence-electron chi connectivity index (χ3n) is 3.56. The Morgan fingerprint density at radius 3 is 2.50 bits per heavy atom. The van der Waals surface area contributed by atoms with Crippen molar-refractivity contribution in [2.45, 2.75) is 25.8 Å². The molecule has 0 saturated carbocycles. The minimum Gasteiger partial charge on any atom is -0.467 e. The largest absolute Gasteiger partial charge is 0.467 e. The summed E-state index contributed by atoms with van der Waals surface area (Å²) in [5.74, 6) is 1.33. The molecule has 0 unspecified atom stereocenters. The first-order chi connectivity index (χ1) is 10.5. The SMILES string of the molecule is CN=C(NCc1ccco1)NCC(C)(C)c1ccc(F)cc1. The molecule has 0 aliphatic rings. The van der Waals surface area contributed by atoms with Crippen LogP contribution in [0.4, 0.5) is 4.39 Å². The van der Waals surface area contributed by atoms with Crippen LogP contribution in [0, 0.1) is 5.82 Å². The summed E-state index contributed by atoms with van der Waals surface area (Å²) < 4.78 is 18.3. The fraction of sp³-hybridized carbons (Fsp3) is 0.353. The van der Waals surface area contributed by atoms with E-state index in [9.17, 15) is 4.39 Å². The summed E-state index contributed by atoms with van der Waals surface area (Å²) in [5.41, 5.74) is 0.929. The van der Waals surface area contributed by atoms with Gasteiger partial charge in [-0.25, -0.2) is 4.39 Å². The molecule has 0 amide bonds. The maximum Gasteiger partial charge on any atom is 0.191 e. The normalized spacial score (nSPS) is 12.3. The number of benzene rings is 1. The number of rotatable bonds is 5. The first kappa shape index (κ1) is 16.1. The molecule has 0 saturated heterocycles. The third-order valence-corrected chi connectivity index (χ3v) is 3.56. The number of furan rings is 1. The van der Waals surface area contributed by atoms with Gasteiger partial charge in [-0.1, -0.05) is 26.0 Å². The maximum atomic E-state index is 13.0. The van der Waals surface area contributed by atoms with Crippen molar-refractivity contribution in [3.05, 3.63) is 59.8 Å². The standard InChI is InChI=1S/C17H22FN3O/c1-17(2,13-6-8-14(18)9-7-13)12-21-16(19-3)20-11-15-5-4-10-22-15/h4-10H,11-12H2,1-3H3,(H2,19,20,21). The van der Waals surface area contributed by atoms with Crippen molar-refractivity contribution in [2.75, 3.05) is 13.6 Å². The first-order valence-corrected chi connectivity index (χ1v) is 7.24. The molecule has 1 aromatic heterocycles. The number of hydrogen-bond acceptors (Lipinski definition) is 2. The van der Waals surface area contributed by atoms with Crippen LogP contribution in [0.25, 0.3) is 0 Å². The lowest BCUT2D eigenvalue weighted by molar-refractivity contribution is 0.491. The smallest absolute Gasteiger partial charge is 0.191 e. The number of guanidine groups is 1. The van der Waals surface area contributed by atoms with Crippen LogP contribution in [0.5, 0.6) is 0 Å². The molecule has 0 radical (unpaired) electrons. The van der Waals surface area contributed by atoms with Crippen molar-refractivity contribution >= 4 is 5.96 Å². The van der Waals surface area contributed by atoms with Crippen molar-refractivity contribution in [3.8, 4) is 0 Å². The molecule has 0 aliphatic carbocycles. The molecule has 118 valence electrons. The fourth-order valence-electron chi connectivity index (χ4n) is 2.11. The van der Waals surface area contributed by atoms with Gasteiger partial charge in [0.1, 0.15) is 11.6 Å². The lowest BCUT2D eigenvalue weighted by Crippen LogP contribution is -2.43. The first-order valence-electron chi connectivity index (χ1n) is 7.24. The molecule has 2 aromatic rings. The van der Waals surface area contributed by atoms with Crippen molar-refractivity contribution in [2.24, 2.45) is 4.99 Å². The van der Waals surface area contributed by atoms with Gasteiger partial charge in [0.25, 0.3) is 0 Å². The van der Waals surface area contributed by atoms with Gasteiger partial charge in [-0.3, -0.25) is 4.99 Å². The molecule has 4 nitrogen and oxygen atoms in total. The van der Waals surface area contributed by atoms with Crippen LogP contribution in [0.3, 0.4) is 0 Å². The zero-order valence-electron chi connectivity index (χ0n) is 13.2. The second kappa shape index (κ2) is 7.11. The summed E-state index contributed by atoms with van der Waals surface area (Å²) in [6.07, 6.45) is 1.64. The minimum atomic E-state index is -0.219. The van der Waals surface area contributed by atoms with Crippen LogP contribution in [0.15, 0.2) is 52.1 Å². The Morgan fingerprint density at radius 2 is 1.91 bits per heavy atom. The van der Waals surface area contributed by atoms with E-state index in [0.717, 1.165) is 11.3 Å². The van der Waals surface area contributed by atoms with E-state index < -0.39 is 0 Å². The Labute approximate surface area is 130 Å². The Kier molecular flexibility index (Phi) is 5.20. The van der Waals surface area contributed by atoms with Gasteiger partial charge in [0, 0.05) is 19.0 Å². The van der Waals surface area contributed by atoms with E-state index in [2.05, 4.69) is 29.5 Å². The highest BCUT2D eigenvalue weighted by Gasteiger charge is 2.21. The predicted octanol–water partition coefficient (Wildman–Crippen LogP) is 3.06. The molecule has 0 fully saturated rings. The topological polar surface area (TPSA) is 49.6 Å². The molecule has 5 heteroatoms. The van der Waals surface area contributed by atoms with Crippen molar-refractivity contribution < 1.29 is 8.81 Å². The average Bonchev–Trinajstić information content (AvgIpc) is 3.01. The summed E-state index contributed by atoms with van der Waals surface area (Å²) in [7, 11) is 1.72. The van der Waals surface area contributed by atoms with Gasteiger partial charge in [0.05, 0.1) is 12.8 Å². The molecule has 0 atom stereocenters. The van der Waals surface area contributed by atoms with E-state index in [1.54, 1.807) is 13.3 Å². The number of nitrogens with one attached hydrogen (secondary N) is 2. The Balaban J connectivity index is 1.90. The summed E-state index contributed by atoms with van der Waals surface area (Å²) in [6.45, 7) is 5.46. The zero-order valence-corrected chi connectivity index (χ0v) is 13.2. The van der Waals surface area contributed by atoms with Crippen molar-refractivity contribution in [3.63, 3.8) is 0 Å². The second-order valence-corrected chi connectivity index (χ2v) is 5.75. The van der Waals surface area contributed by atoms with Crippen LogP contribution in [0.2, 0.25) is 0 Å². The van der Waals surface area contributed by atoms with Crippen LogP contribution in [0.1, 0.15) is 25.2 Å². The number of halogens is 1. The van der Waals surface area contributed by atoms with Crippen LogP contribution in [-0.4, -0.2) is 19.6 Å². The molecule has 1 aromatic carbocycles. The summed E-state index contributed by atoms with van der Waals surface area (Å²) in [6, 6.07) is 10.4. The van der Waals surface area contributed by atoms with Gasteiger partial charge in [0.2, 0.25) is 0 Å². The van der Waals surface area contributed by atoms with Crippen molar-refractivity contribution in [1.82, 2.24) is 10.6 Å². The van der Waals surface area contributed by atoms with Gasteiger partial charge < -0.3 is 15.1 Å². The average molecular weight is 303 g/mol. The monoisotopic (exact) mass is 303 g/mol. The predicted molar refractivity (Wildman–Crippen MR) is 86.3 cm³/mol. The lowest BCUT2D eigenvalue weighted by Gasteiger charge is -2.26. The molecule has 22 heavy (non-hydrogen) atoms. The quantitative estimate of drug-likeness (QED) is 0.659. The van der Waals surface area contributed by atoms with Gasteiger partial charge in [-0.05, 0) is 29.8 Å². The number of hydrogen-bond donors (Lipinski definition) is 2. The highest BCUT2D eigenvalue weighted by molar-refractivity contribution is 5.79. The molecule has 0 bridgehead atoms. The van der Waals surface area contributed by atoms with E-state index in [1.807, 2.05) is 24.3 Å². The van der Waals surface area contributed by atoms with Gasteiger partial charge in [-0.15, -0.1) is 0 Å². The van der Waals surface area contributed by atoms with Gasteiger partial charge in [0.15, 0.2) is 5.96 Å². The molecule has 2 N–H and O–H groups in total. The lowest BCUT2D eigenvalue weighted by atomic mass is 9.84. The number of aliphatic imine (C=N–C) groups is 1. The van der Waals surface area contributed by atoms with Crippen molar-refractivity contribution in [1.29, 1.82) is 0 Å². The summed E-state index contributed by atoms with van der Waals surface area (Å²) >= 11 is 0. The van der Waals surface area contributed by atoms with E-state index in [0.29, 0.717) is 19.0 Å². The molecule has 0 aliphatic heterocycles. The highest BCUT2D eigenvalue weighted by atomic mass is 19.1. The van der Waals surface area contributed by atoms with E-state index in [1.165, 1.54) is 12.1 Å². The van der Waals surface area contributed by atoms with Crippen LogP contribution < -0.4 is 10.6 Å². The number of nitrogens with zero attached hydrogens (tertiary/aromatic N) is 1.